The topological polar surface area (TPSA) is 9.23 Å². The smallest absolute Gasteiger partial charge is 0.165 e. The Morgan fingerprint density at radius 2 is 2.25 bits per heavy atom. The van der Waals surface area contributed by atoms with Crippen molar-refractivity contribution in [2.24, 2.45) is 0 Å². The molecule has 0 amide bonds. The molecule has 0 unspecified atom stereocenters. The predicted octanol–water partition coefficient (Wildman–Crippen LogP) is 2.95. The molecule has 1 nitrogen and oxygen atoms in total. The number of halogens is 2. The predicted molar refractivity (Wildman–Crippen MR) is 55.5 cm³/mol. The molecule has 0 atom stereocenters. The van der Waals surface area contributed by atoms with Crippen LogP contribution in [0.15, 0.2) is 18.2 Å². The van der Waals surface area contributed by atoms with Gasteiger partial charge in [-0.2, -0.15) is 0 Å². The molecular weight excluding hydrogens is 270 g/mol. The third kappa shape index (κ3) is 2.62. The number of alkyl halides is 1. The van der Waals surface area contributed by atoms with Crippen LogP contribution in [0.1, 0.15) is 5.56 Å². The van der Waals surface area contributed by atoms with Gasteiger partial charge in [0.15, 0.2) is 11.6 Å². The maximum atomic E-state index is 13.0. The summed E-state index contributed by atoms with van der Waals surface area (Å²) in [5.41, 5.74) is 0.911. The maximum absolute atomic E-state index is 13.0. The molecule has 0 aliphatic heterocycles. The van der Waals surface area contributed by atoms with E-state index in [2.05, 4.69) is 22.6 Å². The van der Waals surface area contributed by atoms with Gasteiger partial charge in [0.25, 0.3) is 0 Å². The van der Waals surface area contributed by atoms with Crippen molar-refractivity contribution in [3.05, 3.63) is 29.6 Å². The Morgan fingerprint density at radius 1 is 1.50 bits per heavy atom. The van der Waals surface area contributed by atoms with Crippen molar-refractivity contribution in [2.75, 3.05) is 11.0 Å². The molecule has 0 heterocycles. The van der Waals surface area contributed by atoms with Gasteiger partial charge in [-0.25, -0.2) is 4.39 Å². The molecule has 0 bridgehead atoms. The first kappa shape index (κ1) is 9.77. The number of benzene rings is 1. The molecule has 1 aromatic rings. The first-order chi connectivity index (χ1) is 5.74. The monoisotopic (exact) mass is 280 g/mol. The van der Waals surface area contributed by atoms with E-state index in [1.54, 1.807) is 6.07 Å². The lowest BCUT2D eigenvalue weighted by Gasteiger charge is -2.05. The molecule has 1 rings (SSSR count). The molecule has 0 aromatic heterocycles. The highest BCUT2D eigenvalue weighted by Crippen LogP contribution is 2.17. The van der Waals surface area contributed by atoms with Crippen LogP contribution in [-0.4, -0.2) is 11.0 Å². The first-order valence-corrected chi connectivity index (χ1v) is 5.21. The number of hydrogen-bond acceptors (Lipinski definition) is 1. The fraction of sp³-hybridized carbons (Fsp3) is 0.333. The van der Waals surface area contributed by atoms with Crippen molar-refractivity contribution in [2.45, 2.75) is 6.92 Å². The first-order valence-electron chi connectivity index (χ1n) is 3.69. The second-order valence-electron chi connectivity index (χ2n) is 2.47. The Balaban J connectivity index is 2.72. The summed E-state index contributed by atoms with van der Waals surface area (Å²) in [5, 5.41) is 0. The maximum Gasteiger partial charge on any atom is 0.165 e. The van der Waals surface area contributed by atoms with Crippen LogP contribution in [0.2, 0.25) is 0 Å². The van der Waals surface area contributed by atoms with Crippen LogP contribution in [-0.2, 0) is 0 Å². The van der Waals surface area contributed by atoms with Crippen molar-refractivity contribution in [1.82, 2.24) is 0 Å². The number of hydrogen-bond donors (Lipinski definition) is 0. The Hall–Kier alpha value is -0.320. The summed E-state index contributed by atoms with van der Waals surface area (Å²) in [7, 11) is 0. The third-order valence-corrected chi connectivity index (χ3v) is 1.86. The summed E-state index contributed by atoms with van der Waals surface area (Å²) in [6, 6.07) is 4.98. The standard InChI is InChI=1S/C9H10FIO/c1-7-2-3-9(8(10)6-7)12-5-4-11/h2-3,6H,4-5H2,1H3. The highest BCUT2D eigenvalue weighted by Gasteiger charge is 2.01. The van der Waals surface area contributed by atoms with E-state index in [1.165, 1.54) is 6.07 Å². The minimum atomic E-state index is -0.278. The number of aryl methyl sites for hydroxylation is 1. The normalized spacial score (nSPS) is 9.92. The van der Waals surface area contributed by atoms with Crippen LogP contribution in [0.25, 0.3) is 0 Å². The average molecular weight is 280 g/mol. The van der Waals surface area contributed by atoms with Gasteiger partial charge < -0.3 is 4.74 Å². The molecule has 0 radical (unpaired) electrons. The fourth-order valence-corrected chi connectivity index (χ4v) is 1.09. The van der Waals surface area contributed by atoms with E-state index in [0.29, 0.717) is 12.4 Å². The molecule has 0 saturated carbocycles. The third-order valence-electron chi connectivity index (χ3n) is 1.42. The minimum Gasteiger partial charge on any atom is -0.490 e. The fourth-order valence-electron chi connectivity index (χ4n) is 0.871. The summed E-state index contributed by atoms with van der Waals surface area (Å²) in [6.45, 7) is 2.41. The quantitative estimate of drug-likeness (QED) is 0.611. The number of ether oxygens (including phenoxy) is 1. The highest BCUT2D eigenvalue weighted by molar-refractivity contribution is 14.1. The van der Waals surface area contributed by atoms with Gasteiger partial charge in [0, 0.05) is 4.43 Å². The highest BCUT2D eigenvalue weighted by atomic mass is 127. The van der Waals surface area contributed by atoms with E-state index in [0.717, 1.165) is 9.99 Å². The van der Waals surface area contributed by atoms with Gasteiger partial charge >= 0.3 is 0 Å². The van der Waals surface area contributed by atoms with Gasteiger partial charge in [0.1, 0.15) is 0 Å². The summed E-state index contributed by atoms with van der Waals surface area (Å²) in [4.78, 5) is 0. The van der Waals surface area contributed by atoms with E-state index in [9.17, 15) is 4.39 Å². The Bertz CT molecular complexity index is 263. The van der Waals surface area contributed by atoms with Crippen molar-refractivity contribution >= 4 is 22.6 Å². The zero-order valence-corrected chi connectivity index (χ0v) is 8.97. The molecule has 0 spiro atoms. The van der Waals surface area contributed by atoms with Gasteiger partial charge in [0.05, 0.1) is 6.61 Å². The lowest BCUT2D eigenvalue weighted by molar-refractivity contribution is 0.327. The second-order valence-corrected chi connectivity index (χ2v) is 3.55. The van der Waals surface area contributed by atoms with Crippen LogP contribution in [0.5, 0.6) is 5.75 Å². The van der Waals surface area contributed by atoms with E-state index in [-0.39, 0.29) is 5.82 Å². The van der Waals surface area contributed by atoms with E-state index >= 15 is 0 Å². The summed E-state index contributed by atoms with van der Waals surface area (Å²) in [5.74, 6) is 0.0668. The van der Waals surface area contributed by atoms with Crippen LogP contribution < -0.4 is 4.74 Å². The molecule has 1 aromatic carbocycles. The zero-order valence-electron chi connectivity index (χ0n) is 6.81. The van der Waals surface area contributed by atoms with Crippen LogP contribution in [0, 0.1) is 12.7 Å². The Labute approximate surface area is 85.1 Å². The second kappa shape index (κ2) is 4.64. The molecule has 66 valence electrons. The molecule has 12 heavy (non-hydrogen) atoms. The van der Waals surface area contributed by atoms with E-state index < -0.39 is 0 Å². The molecule has 0 saturated heterocycles. The lowest BCUT2D eigenvalue weighted by Crippen LogP contribution is -1.99. The van der Waals surface area contributed by atoms with Crippen LogP contribution in [0.3, 0.4) is 0 Å². The largest absolute Gasteiger partial charge is 0.490 e. The number of rotatable bonds is 3. The SMILES string of the molecule is Cc1ccc(OCCI)c(F)c1. The minimum absolute atomic E-state index is 0.278. The van der Waals surface area contributed by atoms with Crippen molar-refractivity contribution in [1.29, 1.82) is 0 Å². The van der Waals surface area contributed by atoms with Crippen molar-refractivity contribution in [3.63, 3.8) is 0 Å². The Morgan fingerprint density at radius 3 is 2.83 bits per heavy atom. The molecule has 3 heteroatoms. The molecule has 0 N–H and O–H groups in total. The van der Waals surface area contributed by atoms with Crippen LogP contribution >= 0.6 is 22.6 Å². The molecular formula is C9H10FIO. The summed E-state index contributed by atoms with van der Waals surface area (Å²) < 4.78 is 19.1. The van der Waals surface area contributed by atoms with Crippen LogP contribution in [0.4, 0.5) is 4.39 Å². The zero-order chi connectivity index (χ0) is 8.97. The van der Waals surface area contributed by atoms with Gasteiger partial charge in [-0.1, -0.05) is 28.7 Å². The van der Waals surface area contributed by atoms with Gasteiger partial charge in [-0.15, -0.1) is 0 Å². The van der Waals surface area contributed by atoms with Gasteiger partial charge in [-0.05, 0) is 24.6 Å². The lowest BCUT2D eigenvalue weighted by atomic mass is 10.2. The van der Waals surface area contributed by atoms with E-state index in [1.807, 2.05) is 13.0 Å². The molecule has 0 aliphatic rings. The van der Waals surface area contributed by atoms with E-state index in [4.69, 9.17) is 4.74 Å². The summed E-state index contributed by atoms with van der Waals surface area (Å²) in [6.07, 6.45) is 0. The van der Waals surface area contributed by atoms with Crippen molar-refractivity contribution in [3.8, 4) is 5.75 Å². The van der Waals surface area contributed by atoms with Crippen molar-refractivity contribution < 1.29 is 9.13 Å². The molecule has 0 aliphatic carbocycles. The molecule has 0 fully saturated rings. The Kier molecular flexibility index (Phi) is 3.78. The average Bonchev–Trinajstić information content (AvgIpc) is 2.03. The van der Waals surface area contributed by atoms with Gasteiger partial charge in [0.2, 0.25) is 0 Å². The van der Waals surface area contributed by atoms with Gasteiger partial charge in [-0.3, -0.25) is 0 Å². The summed E-state index contributed by atoms with van der Waals surface area (Å²) >= 11 is 2.19.